The minimum absolute atomic E-state index is 0.0152. The fourth-order valence-electron chi connectivity index (χ4n) is 3.54. The molecule has 0 amide bonds. The van der Waals surface area contributed by atoms with E-state index >= 15 is 0 Å². The van der Waals surface area contributed by atoms with Gasteiger partial charge in [0, 0.05) is 25.5 Å². The van der Waals surface area contributed by atoms with Crippen LogP contribution >= 0.6 is 0 Å². The van der Waals surface area contributed by atoms with Crippen molar-refractivity contribution in [3.05, 3.63) is 36.7 Å². The minimum atomic E-state index is -0.254. The maximum absolute atomic E-state index is 11.6. The third kappa shape index (κ3) is 5.75. The van der Waals surface area contributed by atoms with Crippen molar-refractivity contribution >= 4 is 5.97 Å². The fourth-order valence-corrected chi connectivity index (χ4v) is 3.54. The number of fused-ring (bicyclic) bond motifs is 1. The highest BCUT2D eigenvalue weighted by Crippen LogP contribution is 2.31. The summed E-state index contributed by atoms with van der Waals surface area (Å²) in [6, 6.07) is 7.55. The van der Waals surface area contributed by atoms with Crippen molar-refractivity contribution in [1.82, 2.24) is 14.9 Å². The average molecular weight is 429 g/mol. The van der Waals surface area contributed by atoms with Crippen LogP contribution in [0.1, 0.15) is 19.8 Å². The lowest BCUT2D eigenvalue weighted by atomic mass is 10.1. The van der Waals surface area contributed by atoms with Gasteiger partial charge in [-0.2, -0.15) is 0 Å². The molecule has 1 aromatic heterocycles. The number of carbonyl (C=O) groups excluding carboxylic acids is 1. The number of para-hydroxylation sites is 2. The lowest BCUT2D eigenvalue weighted by molar-refractivity contribution is -0.144. The smallest absolute Gasteiger partial charge is 0.320 e. The molecule has 1 atom stereocenters. The summed E-state index contributed by atoms with van der Waals surface area (Å²) < 4.78 is 28.6. The molecule has 0 aliphatic carbocycles. The quantitative estimate of drug-likeness (QED) is 0.585. The predicted octanol–water partition coefficient (Wildman–Crippen LogP) is 2.10. The van der Waals surface area contributed by atoms with Gasteiger partial charge < -0.3 is 23.7 Å². The van der Waals surface area contributed by atoms with E-state index in [9.17, 15) is 4.79 Å². The number of rotatable bonds is 8. The summed E-state index contributed by atoms with van der Waals surface area (Å²) in [5.41, 5.74) is 0. The van der Waals surface area contributed by atoms with Crippen LogP contribution in [0, 0.1) is 0 Å². The van der Waals surface area contributed by atoms with Gasteiger partial charge in [-0.15, -0.1) is 0 Å². The van der Waals surface area contributed by atoms with Gasteiger partial charge in [0.2, 0.25) is 0 Å². The Bertz CT molecular complexity index is 872. The first-order valence-electron chi connectivity index (χ1n) is 10.6. The van der Waals surface area contributed by atoms with Crippen LogP contribution in [0.2, 0.25) is 0 Å². The number of piperidine rings is 1. The van der Waals surface area contributed by atoms with Gasteiger partial charge >= 0.3 is 5.97 Å². The molecule has 1 fully saturated rings. The highest BCUT2D eigenvalue weighted by Gasteiger charge is 2.25. The third-order valence-electron chi connectivity index (χ3n) is 5.08. The van der Waals surface area contributed by atoms with Gasteiger partial charge in [-0.25, -0.2) is 9.97 Å². The molecule has 1 unspecified atom stereocenters. The van der Waals surface area contributed by atoms with Crippen LogP contribution in [-0.4, -0.2) is 72.5 Å². The van der Waals surface area contributed by atoms with Gasteiger partial charge in [-0.3, -0.25) is 9.69 Å². The van der Waals surface area contributed by atoms with Crippen molar-refractivity contribution in [2.45, 2.75) is 32.0 Å². The molecule has 2 aromatic rings. The summed E-state index contributed by atoms with van der Waals surface area (Å²) in [5, 5.41) is 0. The Labute approximate surface area is 181 Å². The monoisotopic (exact) mass is 429 g/mol. The van der Waals surface area contributed by atoms with Crippen LogP contribution in [0.15, 0.2) is 36.7 Å². The van der Waals surface area contributed by atoms with E-state index in [4.69, 9.17) is 23.7 Å². The number of benzene rings is 1. The van der Waals surface area contributed by atoms with Gasteiger partial charge in [0.05, 0.1) is 13.2 Å². The van der Waals surface area contributed by atoms with Crippen molar-refractivity contribution in [3.8, 4) is 23.3 Å². The molecule has 0 spiro atoms. The average Bonchev–Trinajstić information content (AvgIpc) is 2.80. The summed E-state index contributed by atoms with van der Waals surface area (Å²) in [4.78, 5) is 22.3. The van der Waals surface area contributed by atoms with E-state index in [2.05, 4.69) is 14.9 Å². The lowest BCUT2D eigenvalue weighted by Crippen LogP contribution is -2.41. The molecule has 2 aliphatic rings. The Kier molecular flexibility index (Phi) is 7.03. The summed E-state index contributed by atoms with van der Waals surface area (Å²) in [6.45, 7) is 4.70. The van der Waals surface area contributed by atoms with E-state index in [1.807, 2.05) is 31.2 Å². The molecular formula is C22H27N3O6. The summed E-state index contributed by atoms with van der Waals surface area (Å²) in [5.74, 6) is 1.94. The topological polar surface area (TPSA) is 92.2 Å². The van der Waals surface area contributed by atoms with Crippen molar-refractivity contribution in [1.29, 1.82) is 0 Å². The van der Waals surface area contributed by atoms with Crippen LogP contribution in [-0.2, 0) is 9.53 Å². The SMILES string of the molecule is CCOC(=O)CN1CCC(Oc2nccnc2OCC2COc3ccccc3O2)CC1. The molecule has 166 valence electrons. The zero-order valence-electron chi connectivity index (χ0n) is 17.6. The number of likely N-dealkylation sites (tertiary alicyclic amines) is 1. The standard InChI is InChI=1S/C22H27N3O6/c1-2-27-20(26)13-25-11-7-16(8-12-25)31-22-21(23-9-10-24-22)29-15-17-14-28-18-5-3-4-6-19(18)30-17/h3-6,9-10,16-17H,2,7-8,11-15H2,1H3. The van der Waals surface area contributed by atoms with E-state index in [1.54, 1.807) is 12.4 Å². The van der Waals surface area contributed by atoms with Crippen LogP contribution in [0.4, 0.5) is 0 Å². The second kappa shape index (κ2) is 10.3. The number of hydrogen-bond donors (Lipinski definition) is 0. The van der Waals surface area contributed by atoms with Crippen molar-refractivity contribution in [3.63, 3.8) is 0 Å². The van der Waals surface area contributed by atoms with Gasteiger partial charge in [-0.05, 0) is 31.9 Å². The number of carbonyl (C=O) groups is 1. The molecule has 0 bridgehead atoms. The Morgan fingerprint density at radius 2 is 1.87 bits per heavy atom. The van der Waals surface area contributed by atoms with Gasteiger partial charge in [-0.1, -0.05) is 12.1 Å². The largest absolute Gasteiger partial charge is 0.486 e. The zero-order valence-corrected chi connectivity index (χ0v) is 17.6. The number of nitrogens with zero attached hydrogens (tertiary/aromatic N) is 3. The molecule has 4 rings (SSSR count). The first kappa shape index (κ1) is 21.2. The highest BCUT2D eigenvalue weighted by atomic mass is 16.6. The molecule has 9 nitrogen and oxygen atoms in total. The van der Waals surface area contributed by atoms with Crippen LogP contribution in [0.5, 0.6) is 23.3 Å². The summed E-state index contributed by atoms with van der Waals surface area (Å²) >= 11 is 0. The second-order valence-electron chi connectivity index (χ2n) is 7.37. The molecule has 9 heteroatoms. The summed E-state index contributed by atoms with van der Waals surface area (Å²) in [7, 11) is 0. The molecular weight excluding hydrogens is 402 g/mol. The predicted molar refractivity (Wildman–Crippen MR) is 111 cm³/mol. The fraction of sp³-hybridized carbons (Fsp3) is 0.500. The minimum Gasteiger partial charge on any atom is -0.486 e. The molecule has 3 heterocycles. The normalized spacial score (nSPS) is 18.9. The van der Waals surface area contributed by atoms with Gasteiger partial charge in [0.1, 0.15) is 19.3 Å². The zero-order chi connectivity index (χ0) is 21.5. The first-order valence-corrected chi connectivity index (χ1v) is 10.6. The Morgan fingerprint density at radius 1 is 1.13 bits per heavy atom. The van der Waals surface area contributed by atoms with E-state index in [1.165, 1.54) is 0 Å². The number of aromatic nitrogens is 2. The van der Waals surface area contributed by atoms with E-state index in [-0.39, 0.29) is 24.8 Å². The van der Waals surface area contributed by atoms with Crippen LogP contribution in [0.25, 0.3) is 0 Å². The highest BCUT2D eigenvalue weighted by molar-refractivity contribution is 5.71. The molecule has 0 N–H and O–H groups in total. The maximum Gasteiger partial charge on any atom is 0.320 e. The Morgan fingerprint density at radius 3 is 2.65 bits per heavy atom. The lowest BCUT2D eigenvalue weighted by Gasteiger charge is -2.31. The number of esters is 1. The van der Waals surface area contributed by atoms with Gasteiger partial charge in [0.25, 0.3) is 11.8 Å². The van der Waals surface area contributed by atoms with Crippen molar-refractivity contribution < 1.29 is 28.5 Å². The maximum atomic E-state index is 11.6. The number of hydrogen-bond acceptors (Lipinski definition) is 9. The van der Waals surface area contributed by atoms with Crippen LogP contribution in [0.3, 0.4) is 0 Å². The van der Waals surface area contributed by atoms with Crippen LogP contribution < -0.4 is 18.9 Å². The molecule has 2 aliphatic heterocycles. The number of ether oxygens (including phenoxy) is 5. The Balaban J connectivity index is 1.27. The molecule has 1 aromatic carbocycles. The summed E-state index contributed by atoms with van der Waals surface area (Å²) in [6.07, 6.45) is 4.44. The van der Waals surface area contributed by atoms with Gasteiger partial charge in [0.15, 0.2) is 17.6 Å². The van der Waals surface area contributed by atoms with E-state index < -0.39 is 0 Å². The molecule has 1 saturated heterocycles. The van der Waals surface area contributed by atoms with Crippen molar-refractivity contribution in [2.24, 2.45) is 0 Å². The molecule has 0 radical (unpaired) electrons. The Hall–Kier alpha value is -3.07. The first-order chi connectivity index (χ1) is 15.2. The third-order valence-corrected chi connectivity index (χ3v) is 5.08. The second-order valence-corrected chi connectivity index (χ2v) is 7.37. The van der Waals surface area contributed by atoms with E-state index in [0.29, 0.717) is 37.3 Å². The van der Waals surface area contributed by atoms with Crippen molar-refractivity contribution in [2.75, 3.05) is 39.5 Å². The molecule has 31 heavy (non-hydrogen) atoms. The van der Waals surface area contributed by atoms with E-state index in [0.717, 1.165) is 31.7 Å². The molecule has 0 saturated carbocycles.